The van der Waals surface area contributed by atoms with Gasteiger partial charge in [-0.3, -0.25) is 0 Å². The highest BCUT2D eigenvalue weighted by atomic mass is 16.3. The number of hydrogen-bond acceptors (Lipinski definition) is 1. The first-order valence-corrected chi connectivity index (χ1v) is 6.57. The molecule has 0 heterocycles. The second-order valence-electron chi connectivity index (χ2n) is 5.37. The van der Waals surface area contributed by atoms with Gasteiger partial charge in [0.1, 0.15) is 5.60 Å². The summed E-state index contributed by atoms with van der Waals surface area (Å²) < 4.78 is 0. The molecule has 0 bridgehead atoms. The Bertz CT molecular complexity index is 309. The van der Waals surface area contributed by atoms with Crippen LogP contribution in [0.5, 0.6) is 0 Å². The number of fused-ring (bicyclic) bond motifs is 1. The average molecular weight is 218 g/mol. The van der Waals surface area contributed by atoms with E-state index in [1.54, 1.807) is 6.08 Å². The molecular formula is C15H22O. The Kier molecular flexibility index (Phi) is 3.71. The topological polar surface area (TPSA) is 20.2 Å². The van der Waals surface area contributed by atoms with Crippen molar-refractivity contribution in [2.24, 2.45) is 11.8 Å². The molecule has 0 aliphatic heterocycles. The third kappa shape index (κ3) is 2.68. The molecule has 16 heavy (non-hydrogen) atoms. The van der Waals surface area contributed by atoms with Gasteiger partial charge in [-0.15, -0.1) is 6.58 Å². The first-order chi connectivity index (χ1) is 7.73. The minimum Gasteiger partial charge on any atom is -0.378 e. The largest absolute Gasteiger partial charge is 0.378 e. The van der Waals surface area contributed by atoms with Crippen molar-refractivity contribution in [3.63, 3.8) is 0 Å². The molecule has 0 amide bonds. The van der Waals surface area contributed by atoms with Crippen LogP contribution in [0.15, 0.2) is 12.7 Å². The van der Waals surface area contributed by atoms with Gasteiger partial charge in [-0.25, -0.2) is 0 Å². The normalized spacial score (nSPS) is 38.1. The first kappa shape index (κ1) is 11.7. The van der Waals surface area contributed by atoms with Crippen molar-refractivity contribution in [3.05, 3.63) is 12.7 Å². The number of hydrogen-bond donors (Lipinski definition) is 1. The fraction of sp³-hybridized carbons (Fsp3) is 0.733. The summed E-state index contributed by atoms with van der Waals surface area (Å²) in [7, 11) is 0. The Morgan fingerprint density at radius 2 is 2.00 bits per heavy atom. The average Bonchev–Trinajstić information content (AvgIpc) is 2.29. The van der Waals surface area contributed by atoms with Crippen molar-refractivity contribution in [3.8, 4) is 11.8 Å². The number of aliphatic hydroxyl groups is 1. The summed E-state index contributed by atoms with van der Waals surface area (Å²) in [6, 6.07) is 0. The van der Waals surface area contributed by atoms with E-state index in [-0.39, 0.29) is 0 Å². The number of rotatable bonds is 1. The van der Waals surface area contributed by atoms with Crippen LogP contribution in [0, 0.1) is 23.7 Å². The van der Waals surface area contributed by atoms with E-state index in [9.17, 15) is 5.11 Å². The van der Waals surface area contributed by atoms with E-state index in [4.69, 9.17) is 0 Å². The van der Waals surface area contributed by atoms with Crippen LogP contribution in [0.3, 0.4) is 0 Å². The summed E-state index contributed by atoms with van der Waals surface area (Å²) in [6.45, 7) is 3.65. The van der Waals surface area contributed by atoms with E-state index in [1.165, 1.54) is 32.1 Å². The molecule has 0 aromatic heterocycles. The molecule has 2 fully saturated rings. The zero-order chi connectivity index (χ0) is 11.4. The standard InChI is InChI=1S/C15H22O/c1-2-3-6-10-15(16)11-9-13-7-4-5-8-14(13)12-15/h2,13-14,16H,1,3-5,7-9,11-12H2. The molecule has 2 saturated carbocycles. The minimum atomic E-state index is -0.693. The molecule has 2 rings (SSSR count). The Balaban J connectivity index is 1.98. The Hall–Kier alpha value is -0.740. The SMILES string of the molecule is C=CCC#CC1(O)CCC2CCCCC2C1. The lowest BCUT2D eigenvalue weighted by molar-refractivity contribution is -0.00108. The summed E-state index contributed by atoms with van der Waals surface area (Å²) in [4.78, 5) is 0. The van der Waals surface area contributed by atoms with Gasteiger partial charge in [0.05, 0.1) is 0 Å². The Morgan fingerprint density at radius 1 is 1.25 bits per heavy atom. The van der Waals surface area contributed by atoms with E-state index < -0.39 is 5.60 Å². The maximum absolute atomic E-state index is 10.4. The molecule has 1 heteroatoms. The molecular weight excluding hydrogens is 196 g/mol. The summed E-state index contributed by atoms with van der Waals surface area (Å²) in [6.07, 6.45) is 10.8. The van der Waals surface area contributed by atoms with Gasteiger partial charge < -0.3 is 5.11 Å². The maximum Gasteiger partial charge on any atom is 0.125 e. The second kappa shape index (κ2) is 5.06. The van der Waals surface area contributed by atoms with Crippen LogP contribution in [0.1, 0.15) is 51.4 Å². The molecule has 1 nitrogen and oxygen atoms in total. The predicted octanol–water partition coefficient (Wildman–Crippen LogP) is 3.29. The van der Waals surface area contributed by atoms with Gasteiger partial charge in [-0.05, 0) is 31.1 Å². The van der Waals surface area contributed by atoms with E-state index in [0.29, 0.717) is 6.42 Å². The lowest BCUT2D eigenvalue weighted by Gasteiger charge is -2.41. The molecule has 0 aromatic carbocycles. The molecule has 2 aliphatic carbocycles. The quantitative estimate of drug-likeness (QED) is 0.529. The van der Waals surface area contributed by atoms with Crippen LogP contribution in [-0.2, 0) is 0 Å². The van der Waals surface area contributed by atoms with Crippen LogP contribution in [-0.4, -0.2) is 10.7 Å². The van der Waals surface area contributed by atoms with Crippen molar-refractivity contribution in [1.29, 1.82) is 0 Å². The fourth-order valence-corrected chi connectivity index (χ4v) is 3.29. The molecule has 2 aliphatic rings. The van der Waals surface area contributed by atoms with Crippen molar-refractivity contribution < 1.29 is 5.11 Å². The van der Waals surface area contributed by atoms with Crippen molar-refractivity contribution in [2.75, 3.05) is 0 Å². The van der Waals surface area contributed by atoms with E-state index in [2.05, 4.69) is 18.4 Å². The maximum atomic E-state index is 10.4. The summed E-state index contributed by atoms with van der Waals surface area (Å²) in [5.41, 5.74) is -0.693. The summed E-state index contributed by atoms with van der Waals surface area (Å²) in [5, 5.41) is 10.4. The summed E-state index contributed by atoms with van der Waals surface area (Å²) in [5.74, 6) is 7.69. The third-order valence-electron chi connectivity index (χ3n) is 4.16. The molecule has 3 unspecified atom stereocenters. The van der Waals surface area contributed by atoms with Gasteiger partial charge in [0.15, 0.2) is 0 Å². The fourth-order valence-electron chi connectivity index (χ4n) is 3.29. The first-order valence-electron chi connectivity index (χ1n) is 6.57. The van der Waals surface area contributed by atoms with Crippen LogP contribution in [0.4, 0.5) is 0 Å². The van der Waals surface area contributed by atoms with Crippen molar-refractivity contribution in [1.82, 2.24) is 0 Å². The minimum absolute atomic E-state index is 0.691. The highest BCUT2D eigenvalue weighted by Crippen LogP contribution is 2.44. The molecule has 0 spiro atoms. The molecule has 0 saturated heterocycles. The zero-order valence-electron chi connectivity index (χ0n) is 10.0. The van der Waals surface area contributed by atoms with E-state index >= 15 is 0 Å². The zero-order valence-corrected chi connectivity index (χ0v) is 10.0. The Labute approximate surface area is 98.9 Å². The smallest absolute Gasteiger partial charge is 0.125 e. The molecule has 3 atom stereocenters. The van der Waals surface area contributed by atoms with Gasteiger partial charge in [-0.2, -0.15) is 0 Å². The molecule has 0 radical (unpaired) electrons. The highest BCUT2D eigenvalue weighted by Gasteiger charge is 2.39. The summed E-state index contributed by atoms with van der Waals surface area (Å²) >= 11 is 0. The predicted molar refractivity (Wildman–Crippen MR) is 66.8 cm³/mol. The van der Waals surface area contributed by atoms with Crippen LogP contribution in [0.25, 0.3) is 0 Å². The van der Waals surface area contributed by atoms with E-state index in [1.807, 2.05) is 0 Å². The second-order valence-corrected chi connectivity index (χ2v) is 5.37. The Morgan fingerprint density at radius 3 is 2.75 bits per heavy atom. The highest BCUT2D eigenvalue weighted by molar-refractivity contribution is 5.17. The van der Waals surface area contributed by atoms with E-state index in [0.717, 1.165) is 24.7 Å². The molecule has 1 N–H and O–H groups in total. The lowest BCUT2D eigenvalue weighted by atomic mass is 9.66. The molecule has 0 aromatic rings. The van der Waals surface area contributed by atoms with Crippen molar-refractivity contribution in [2.45, 2.75) is 57.0 Å². The monoisotopic (exact) mass is 218 g/mol. The van der Waals surface area contributed by atoms with Crippen LogP contribution in [0.2, 0.25) is 0 Å². The van der Waals surface area contributed by atoms with Gasteiger partial charge >= 0.3 is 0 Å². The van der Waals surface area contributed by atoms with Crippen LogP contribution >= 0.6 is 0 Å². The van der Waals surface area contributed by atoms with Gasteiger partial charge in [0.25, 0.3) is 0 Å². The lowest BCUT2D eigenvalue weighted by Crippen LogP contribution is -2.39. The van der Waals surface area contributed by atoms with Gasteiger partial charge in [0, 0.05) is 6.42 Å². The third-order valence-corrected chi connectivity index (χ3v) is 4.16. The van der Waals surface area contributed by atoms with Crippen LogP contribution < -0.4 is 0 Å². The van der Waals surface area contributed by atoms with Gasteiger partial charge in [-0.1, -0.05) is 43.6 Å². The number of allylic oxidation sites excluding steroid dienone is 1. The van der Waals surface area contributed by atoms with Gasteiger partial charge in [0.2, 0.25) is 0 Å². The van der Waals surface area contributed by atoms with Crippen molar-refractivity contribution >= 4 is 0 Å². The molecule has 88 valence electrons.